The van der Waals surface area contributed by atoms with E-state index >= 15 is 0 Å². The Kier molecular flexibility index (Phi) is 4.59. The number of pyridine rings is 1. The van der Waals surface area contributed by atoms with Gasteiger partial charge >= 0.3 is 0 Å². The highest BCUT2D eigenvalue weighted by Gasteiger charge is 2.22. The highest BCUT2D eigenvalue weighted by atomic mass is 16.1. The Bertz CT molecular complexity index is 1260. The molecule has 3 heterocycles. The summed E-state index contributed by atoms with van der Waals surface area (Å²) in [6, 6.07) is 14.6. The van der Waals surface area contributed by atoms with Gasteiger partial charge in [0.25, 0.3) is 5.56 Å². The van der Waals surface area contributed by atoms with E-state index in [4.69, 9.17) is 4.98 Å². The molecule has 0 radical (unpaired) electrons. The summed E-state index contributed by atoms with van der Waals surface area (Å²) in [5, 5.41) is 4.96. The molecule has 1 fully saturated rings. The molecule has 2 aromatic heterocycles. The van der Waals surface area contributed by atoms with E-state index in [0.717, 1.165) is 54.0 Å². The molecule has 2 aromatic carbocycles. The summed E-state index contributed by atoms with van der Waals surface area (Å²) < 4.78 is 1.61. The summed E-state index contributed by atoms with van der Waals surface area (Å²) in [4.78, 5) is 22.7. The first-order valence-electron chi connectivity index (χ1n) is 10.6. The molecule has 0 unspecified atom stereocenters. The van der Waals surface area contributed by atoms with Crippen molar-refractivity contribution in [2.24, 2.45) is 0 Å². The van der Waals surface area contributed by atoms with Crippen molar-refractivity contribution >= 4 is 27.5 Å². The number of nitrogens with one attached hydrogen (secondary N) is 1. The maximum Gasteiger partial charge on any atom is 0.280 e. The van der Waals surface area contributed by atoms with E-state index in [1.54, 1.807) is 10.9 Å². The molecule has 154 valence electrons. The van der Waals surface area contributed by atoms with Crippen molar-refractivity contribution in [2.45, 2.75) is 26.8 Å². The third-order valence-electron chi connectivity index (χ3n) is 6.15. The van der Waals surface area contributed by atoms with E-state index in [0.29, 0.717) is 11.4 Å². The first-order chi connectivity index (χ1) is 14.5. The number of nitrogens with zero attached hydrogens (tertiary/aromatic N) is 4. The number of rotatable bonds is 3. The second-order valence-corrected chi connectivity index (χ2v) is 8.43. The normalized spacial score (nSPS) is 15.5. The molecule has 6 nitrogen and oxygen atoms in total. The molecule has 1 saturated heterocycles. The molecule has 0 aliphatic carbocycles. The van der Waals surface area contributed by atoms with E-state index in [2.05, 4.69) is 47.8 Å². The summed E-state index contributed by atoms with van der Waals surface area (Å²) in [5.41, 5.74) is 4.88. The van der Waals surface area contributed by atoms with Crippen molar-refractivity contribution in [3.05, 3.63) is 64.6 Å². The summed E-state index contributed by atoms with van der Waals surface area (Å²) in [7, 11) is 0. The third-order valence-corrected chi connectivity index (χ3v) is 6.15. The van der Waals surface area contributed by atoms with Crippen LogP contribution in [0.25, 0.3) is 27.5 Å². The molecule has 1 aliphatic heterocycles. The average molecular weight is 402 g/mol. The van der Waals surface area contributed by atoms with Crippen molar-refractivity contribution in [1.29, 1.82) is 0 Å². The van der Waals surface area contributed by atoms with Crippen LogP contribution in [0.5, 0.6) is 0 Å². The standard InChI is InChI=1S/C24H27N5O/c1-16(2)27-9-11-28(12-10-27)21-14-17(3)13-19-22-20(15-25-23(19)21)24(30)29(26-22)18-7-5-4-6-8-18/h4-8,13-16,26H,9-12H2,1-3H3. The van der Waals surface area contributed by atoms with Gasteiger partial charge in [0.2, 0.25) is 0 Å². The van der Waals surface area contributed by atoms with Crippen LogP contribution in [-0.4, -0.2) is 51.9 Å². The fourth-order valence-electron chi connectivity index (χ4n) is 4.47. The molecule has 6 heteroatoms. The summed E-state index contributed by atoms with van der Waals surface area (Å²) >= 11 is 0. The SMILES string of the molecule is Cc1cc(N2CCN(C(C)C)CC2)c2ncc3c(=O)n(-c4ccccc4)[nH]c3c2c1. The zero-order valence-corrected chi connectivity index (χ0v) is 17.7. The highest BCUT2D eigenvalue weighted by Crippen LogP contribution is 2.31. The minimum atomic E-state index is -0.0702. The van der Waals surface area contributed by atoms with Gasteiger partial charge in [-0.15, -0.1) is 0 Å². The Morgan fingerprint density at radius 3 is 2.43 bits per heavy atom. The number of para-hydroxylation sites is 1. The Balaban J connectivity index is 1.65. The molecular formula is C24H27N5O. The molecule has 4 aromatic rings. The van der Waals surface area contributed by atoms with Gasteiger partial charge in [-0.25, -0.2) is 4.68 Å². The summed E-state index contributed by atoms with van der Waals surface area (Å²) in [6.07, 6.45) is 1.72. The molecule has 0 spiro atoms. The van der Waals surface area contributed by atoms with E-state index < -0.39 is 0 Å². The van der Waals surface area contributed by atoms with Gasteiger partial charge in [0.15, 0.2) is 0 Å². The number of H-pyrrole nitrogens is 1. The van der Waals surface area contributed by atoms with Gasteiger partial charge in [-0.3, -0.25) is 19.8 Å². The van der Waals surface area contributed by atoms with Crippen LogP contribution in [0.4, 0.5) is 5.69 Å². The minimum absolute atomic E-state index is 0.0702. The van der Waals surface area contributed by atoms with Crippen LogP contribution in [0, 0.1) is 6.92 Å². The van der Waals surface area contributed by atoms with Crippen LogP contribution in [0.1, 0.15) is 19.4 Å². The smallest absolute Gasteiger partial charge is 0.280 e. The van der Waals surface area contributed by atoms with E-state index in [1.165, 1.54) is 5.56 Å². The fraction of sp³-hybridized carbons (Fsp3) is 0.333. The van der Waals surface area contributed by atoms with Crippen molar-refractivity contribution < 1.29 is 0 Å². The number of anilines is 1. The maximum atomic E-state index is 13.0. The van der Waals surface area contributed by atoms with E-state index in [-0.39, 0.29) is 5.56 Å². The van der Waals surface area contributed by atoms with Crippen LogP contribution >= 0.6 is 0 Å². The Hall–Kier alpha value is -3.12. The second-order valence-electron chi connectivity index (χ2n) is 8.43. The zero-order valence-electron chi connectivity index (χ0n) is 17.7. The Labute approximate surface area is 175 Å². The molecule has 5 rings (SSSR count). The number of hydrogen-bond acceptors (Lipinski definition) is 4. The van der Waals surface area contributed by atoms with Crippen LogP contribution in [0.15, 0.2) is 53.5 Å². The fourth-order valence-corrected chi connectivity index (χ4v) is 4.47. The molecule has 30 heavy (non-hydrogen) atoms. The topological polar surface area (TPSA) is 57.2 Å². The minimum Gasteiger partial charge on any atom is -0.367 e. The zero-order chi connectivity index (χ0) is 20.8. The molecule has 1 aliphatic rings. The molecule has 1 N–H and O–H groups in total. The number of piperazine rings is 1. The molecule has 0 atom stereocenters. The number of benzene rings is 2. The number of aromatic amines is 1. The third kappa shape index (κ3) is 3.08. The number of fused-ring (bicyclic) bond motifs is 3. The van der Waals surface area contributed by atoms with Gasteiger partial charge < -0.3 is 4.90 Å². The molecule has 0 bridgehead atoms. The predicted octanol–water partition coefficient (Wildman–Crippen LogP) is 3.71. The van der Waals surface area contributed by atoms with Crippen molar-refractivity contribution in [3.8, 4) is 5.69 Å². The van der Waals surface area contributed by atoms with Gasteiger partial charge in [-0.05, 0) is 50.6 Å². The van der Waals surface area contributed by atoms with Crippen LogP contribution in [0.2, 0.25) is 0 Å². The van der Waals surface area contributed by atoms with Gasteiger partial charge in [-0.2, -0.15) is 0 Å². The monoisotopic (exact) mass is 401 g/mol. The van der Waals surface area contributed by atoms with Crippen LogP contribution in [-0.2, 0) is 0 Å². The molecular weight excluding hydrogens is 374 g/mol. The van der Waals surface area contributed by atoms with E-state index in [9.17, 15) is 4.79 Å². The lowest BCUT2D eigenvalue weighted by Crippen LogP contribution is -2.49. The summed E-state index contributed by atoms with van der Waals surface area (Å²) in [6.45, 7) is 10.7. The van der Waals surface area contributed by atoms with Gasteiger partial charge in [0.1, 0.15) is 0 Å². The molecule has 0 saturated carbocycles. The number of aromatic nitrogens is 3. The lowest BCUT2D eigenvalue weighted by atomic mass is 10.1. The summed E-state index contributed by atoms with van der Waals surface area (Å²) in [5.74, 6) is 0. The van der Waals surface area contributed by atoms with Gasteiger partial charge in [0, 0.05) is 43.8 Å². The number of hydrogen-bond donors (Lipinski definition) is 1. The Morgan fingerprint density at radius 1 is 1.00 bits per heavy atom. The predicted molar refractivity (Wildman–Crippen MR) is 123 cm³/mol. The second kappa shape index (κ2) is 7.29. The van der Waals surface area contributed by atoms with Crippen LogP contribution in [0.3, 0.4) is 0 Å². The largest absolute Gasteiger partial charge is 0.367 e. The van der Waals surface area contributed by atoms with E-state index in [1.807, 2.05) is 30.3 Å². The first kappa shape index (κ1) is 18.9. The number of aryl methyl sites for hydroxylation is 1. The quantitative estimate of drug-likeness (QED) is 0.569. The maximum absolute atomic E-state index is 13.0. The lowest BCUT2D eigenvalue weighted by Gasteiger charge is -2.38. The van der Waals surface area contributed by atoms with Gasteiger partial charge in [0.05, 0.1) is 27.8 Å². The lowest BCUT2D eigenvalue weighted by molar-refractivity contribution is 0.209. The first-order valence-corrected chi connectivity index (χ1v) is 10.6. The molecule has 0 amide bonds. The highest BCUT2D eigenvalue weighted by molar-refractivity contribution is 6.07. The van der Waals surface area contributed by atoms with Crippen LogP contribution < -0.4 is 10.5 Å². The van der Waals surface area contributed by atoms with Gasteiger partial charge in [-0.1, -0.05) is 18.2 Å². The van der Waals surface area contributed by atoms with Crippen molar-refractivity contribution in [2.75, 3.05) is 31.1 Å². The Morgan fingerprint density at radius 2 is 1.73 bits per heavy atom. The van der Waals surface area contributed by atoms with Crippen molar-refractivity contribution in [3.63, 3.8) is 0 Å². The average Bonchev–Trinajstić information content (AvgIpc) is 3.11. The van der Waals surface area contributed by atoms with Crippen molar-refractivity contribution in [1.82, 2.24) is 19.7 Å².